The Morgan fingerprint density at radius 3 is 1.05 bits per heavy atom. The lowest BCUT2D eigenvalue weighted by molar-refractivity contribution is -0.135. The molecule has 0 fully saturated rings. The van der Waals surface area contributed by atoms with E-state index in [1.54, 1.807) is 36.4 Å². The number of alkyl halides is 6. The second-order valence-corrected chi connectivity index (χ2v) is 32.7. The molecule has 9 aromatic rings. The first-order valence-electron chi connectivity index (χ1n) is 37.7. The van der Waals surface area contributed by atoms with Crippen molar-refractivity contribution >= 4 is 76.3 Å². The summed E-state index contributed by atoms with van der Waals surface area (Å²) < 4.78 is 212. The number of nitrogen functional groups attached to an aromatic ring is 3. The molecule has 6 unspecified atom stereocenters. The molecule has 6 aromatic carbocycles. The highest BCUT2D eigenvalue weighted by atomic mass is 32.2. The number of carboxylic acid groups (broad SMARTS) is 1. The summed E-state index contributed by atoms with van der Waals surface area (Å²) in [5.41, 5.74) is 13.1. The summed E-state index contributed by atoms with van der Waals surface area (Å²) in [6.07, 6.45) is 12.4. The van der Waals surface area contributed by atoms with Gasteiger partial charge in [-0.3, -0.25) is 14.7 Å². The van der Waals surface area contributed by atoms with Gasteiger partial charge in [-0.1, -0.05) is 56.0 Å². The lowest BCUT2D eigenvalue weighted by atomic mass is 9.82. The van der Waals surface area contributed by atoms with E-state index in [1.165, 1.54) is 96.2 Å². The number of hydrogen-bond donors (Lipinski definition) is 6. The number of carbonyl (C=O) groups is 3. The quantitative estimate of drug-likeness (QED) is 0.0103. The third-order valence-corrected chi connectivity index (χ3v) is 20.8. The summed E-state index contributed by atoms with van der Waals surface area (Å²) in [4.78, 5) is 50.7. The number of nitrogens with zero attached hydrogens (tertiary/aromatic N) is 6. The second-order valence-electron chi connectivity index (χ2n) is 31.1. The molecular formula is C88H94BF12N9O11S. The zero-order chi connectivity index (χ0) is 89.3. The molecule has 3 aliphatic heterocycles. The minimum absolute atomic E-state index is 0. The molecule has 9 N–H and O–H groups in total. The zero-order valence-electron chi connectivity index (χ0n) is 67.6. The average Bonchev–Trinajstić information content (AvgIpc) is 0.757. The molecule has 20 nitrogen and oxygen atoms in total. The number of halogens is 12. The van der Waals surface area contributed by atoms with Crippen molar-refractivity contribution < 1.29 is 104 Å². The fourth-order valence-electron chi connectivity index (χ4n) is 14.6. The van der Waals surface area contributed by atoms with Crippen LogP contribution in [0.4, 0.5) is 70.1 Å². The Morgan fingerprint density at radius 1 is 0.467 bits per heavy atom. The smallest absolute Gasteiger partial charge is 0.478 e. The van der Waals surface area contributed by atoms with Gasteiger partial charge in [-0.2, -0.15) is 21.6 Å². The number of methoxy groups -OCH3 is 2. The molecule has 0 radical (unpaired) electrons. The summed E-state index contributed by atoms with van der Waals surface area (Å²) >= 11 is 0. The van der Waals surface area contributed by atoms with Gasteiger partial charge in [-0.15, -0.1) is 0 Å². The van der Waals surface area contributed by atoms with Gasteiger partial charge in [0.2, 0.25) is 0 Å². The number of pyridine rings is 3. The van der Waals surface area contributed by atoms with Crippen LogP contribution in [0.25, 0.3) is 40.5 Å². The van der Waals surface area contributed by atoms with Crippen LogP contribution in [0.15, 0.2) is 164 Å². The van der Waals surface area contributed by atoms with Crippen molar-refractivity contribution in [3.05, 3.63) is 266 Å². The molecule has 0 bridgehead atoms. The number of aromatic nitrogens is 3. The van der Waals surface area contributed by atoms with Crippen molar-refractivity contribution in [2.75, 3.05) is 51.1 Å². The van der Waals surface area contributed by atoms with Gasteiger partial charge in [0.25, 0.3) is 0 Å². The Labute approximate surface area is 699 Å². The summed E-state index contributed by atoms with van der Waals surface area (Å²) in [7, 11) is -5.06. The minimum atomic E-state index is -5.94. The summed E-state index contributed by atoms with van der Waals surface area (Å²) in [5.74, 6) is -7.27. The van der Waals surface area contributed by atoms with Gasteiger partial charge < -0.3 is 46.0 Å². The van der Waals surface area contributed by atoms with Crippen molar-refractivity contribution in [1.29, 1.82) is 0 Å². The van der Waals surface area contributed by atoms with E-state index in [4.69, 9.17) is 32.4 Å². The highest BCUT2D eigenvalue weighted by Gasteiger charge is 2.49. The third-order valence-electron chi connectivity index (χ3n) is 19.8. The first-order chi connectivity index (χ1) is 56.5. The first kappa shape index (κ1) is 96.0. The third kappa shape index (κ3) is 24.7. The number of carbonyl (C=O) groups excluding carboxylic acids is 2. The highest BCUT2D eigenvalue weighted by Crippen LogP contribution is 2.47. The molecule has 3 aromatic heterocycles. The molecule has 122 heavy (non-hydrogen) atoms. The van der Waals surface area contributed by atoms with Gasteiger partial charge in [0.15, 0.2) is 0 Å². The van der Waals surface area contributed by atoms with Crippen LogP contribution in [0, 0.1) is 34.9 Å². The van der Waals surface area contributed by atoms with Crippen LogP contribution < -0.4 is 26.8 Å². The fourth-order valence-corrected chi connectivity index (χ4v) is 15.0. The zero-order valence-corrected chi connectivity index (χ0v) is 68.4. The van der Waals surface area contributed by atoms with Crippen LogP contribution in [0.5, 0.6) is 5.75 Å². The molecule has 0 saturated heterocycles. The number of esters is 2. The van der Waals surface area contributed by atoms with Crippen molar-refractivity contribution in [3.63, 3.8) is 0 Å². The van der Waals surface area contributed by atoms with Gasteiger partial charge in [0.05, 0.1) is 32.3 Å². The second kappa shape index (κ2) is 39.6. The predicted molar refractivity (Wildman–Crippen MR) is 444 cm³/mol. The van der Waals surface area contributed by atoms with Gasteiger partial charge >= 0.3 is 40.7 Å². The van der Waals surface area contributed by atoms with E-state index in [0.29, 0.717) is 46.9 Å². The Hall–Kier alpha value is -11.4. The van der Waals surface area contributed by atoms with Crippen LogP contribution >= 0.6 is 0 Å². The molecule has 3 aliphatic rings. The number of fused-ring (bicyclic) bond motifs is 3. The number of anilines is 3. The van der Waals surface area contributed by atoms with Crippen LogP contribution in [-0.2, 0) is 53.2 Å². The maximum absolute atomic E-state index is 15.6. The van der Waals surface area contributed by atoms with Crippen molar-refractivity contribution in [3.8, 4) is 28.0 Å². The van der Waals surface area contributed by atoms with E-state index >= 15 is 26.3 Å². The van der Waals surface area contributed by atoms with Crippen molar-refractivity contribution in [2.45, 2.75) is 148 Å². The minimum Gasteiger partial charge on any atom is -0.478 e. The number of carboxylic acids is 1. The Balaban J connectivity index is 0.000000214. The van der Waals surface area contributed by atoms with Crippen LogP contribution in [0.1, 0.15) is 155 Å². The number of ether oxygens (including phenoxy) is 2. The number of hydrogen-bond acceptors (Lipinski definition) is 19. The number of benzene rings is 6. The molecule has 650 valence electrons. The van der Waals surface area contributed by atoms with E-state index in [9.17, 15) is 49.1 Å². The lowest BCUT2D eigenvalue weighted by Gasteiger charge is -2.44. The normalized spacial score (nSPS) is 17.6. The van der Waals surface area contributed by atoms with Gasteiger partial charge in [0.1, 0.15) is 75.1 Å². The van der Waals surface area contributed by atoms with E-state index in [1.807, 2.05) is 67.3 Å². The van der Waals surface area contributed by atoms with E-state index in [0.717, 1.165) is 107 Å². The molecule has 0 aliphatic carbocycles. The number of rotatable bonds is 20. The first-order valence-corrected chi connectivity index (χ1v) is 39.1. The monoisotopic (exact) mass is 1720 g/mol. The molecule has 0 spiro atoms. The molecular weight excluding hydrogens is 1630 g/mol. The molecule has 0 amide bonds. The Bertz CT molecular complexity index is 5390. The Morgan fingerprint density at radius 2 is 0.770 bits per heavy atom. The van der Waals surface area contributed by atoms with Gasteiger partial charge in [0, 0.05) is 108 Å². The van der Waals surface area contributed by atoms with Gasteiger partial charge in [-0.05, 0) is 240 Å². The van der Waals surface area contributed by atoms with Crippen molar-refractivity contribution in [1.82, 2.24) is 29.7 Å². The van der Waals surface area contributed by atoms with E-state index in [2.05, 4.69) is 28.6 Å². The maximum Gasteiger partial charge on any atom is 0.534 e. The van der Waals surface area contributed by atoms with E-state index in [-0.39, 0.29) is 84.5 Å². The van der Waals surface area contributed by atoms with Crippen molar-refractivity contribution in [2.24, 2.45) is 0 Å². The van der Waals surface area contributed by atoms with Crippen LogP contribution in [0.2, 0.25) is 0 Å². The van der Waals surface area contributed by atoms with Crippen LogP contribution in [-0.4, -0.2) is 153 Å². The standard InChI is InChI=1S/C29H30F3N3O2.C28H28F3N3O2.C25H25F6NO5S.C5H7BN2O2.CH4/c1-17-11-21-14-19(20-7-9-25(33)34-15-20)6-8-22(21)28(35(17)16-29(2,3)32)27-23(30)12-18(13-24(27)31)5-10-26(36)37-4;1-16-10-20-13-18(19-6-8-24(32)33-14-19)5-7-21(20)27(34(16)15-28(2,3)31)26-22(29)11-17(12-23(26)30)4-9-25(35)36;1-14-9-16-12-17(37-38(34,35)25(29,30)31)6-7-18(16)23(32(14)13-24(2,3)28)22-19(26)10-15(11-20(22)27)5-8-21(33)36-4;7-5-2-1-4(3-8-5)6(9)10;/h5-10,12-15,17,28H,11,16H2,1-4H3,(H2,33,34);4-9,11-14,16,27H,10,15H2,1-3H3,(H2,32,33)(H,35,36);5-8,10-12,14,23H,9,13H2,1-4H3;1-3,9-10H,(H2,7,8);1H4/b10-5+;9-4+;8-5+;;. The Kier molecular flexibility index (Phi) is 31.2. The SMILES string of the molecule is C.CC1Cc2cc(-c3ccc(N)nc3)ccc2C(c2c(F)cc(/C=C/C(=O)O)cc2F)N1CC(C)(C)F.COC(=O)/C=C/c1cc(F)c(C2c3ccc(-c4ccc(N)nc4)cc3CC(C)N2CC(C)(C)F)c(F)c1.COC(=O)/C=C/c1cc(F)c(C2c3ccc(OS(=O)(=O)C(F)(F)F)cc3CC(C)N2CC(C)(C)F)c(F)c1.Nc1ccc(B(O)O)cn1. The van der Waals surface area contributed by atoms with E-state index < -0.39 is 128 Å². The van der Waals surface area contributed by atoms with Gasteiger partial charge in [-0.25, -0.2) is 68.8 Å². The summed E-state index contributed by atoms with van der Waals surface area (Å²) in [6, 6.07) is 27.3. The fraction of sp³-hybridized carbons (Fsp3) is 0.318. The maximum atomic E-state index is 15.6. The molecule has 34 heteroatoms. The summed E-state index contributed by atoms with van der Waals surface area (Å²) in [6.45, 7) is 13.6. The molecule has 6 heterocycles. The number of aliphatic carboxylic acids is 1. The molecule has 6 atom stereocenters. The molecule has 12 rings (SSSR count). The number of nitrogens with two attached hydrogens (primary N) is 3. The molecule has 0 saturated carbocycles. The average molecular weight is 1720 g/mol. The predicted octanol–water partition coefficient (Wildman–Crippen LogP) is 16.1. The van der Waals surface area contributed by atoms with Crippen LogP contribution in [0.3, 0.4) is 0 Å². The topological polar surface area (TPSA) is 300 Å². The highest BCUT2D eigenvalue weighted by molar-refractivity contribution is 7.88. The largest absolute Gasteiger partial charge is 0.534 e. The lowest BCUT2D eigenvalue weighted by Crippen LogP contribution is -2.48. The summed E-state index contributed by atoms with van der Waals surface area (Å²) in [5, 5.41) is 26.0.